The summed E-state index contributed by atoms with van der Waals surface area (Å²) in [4.78, 5) is 14.0. The van der Waals surface area contributed by atoms with Crippen molar-refractivity contribution in [3.63, 3.8) is 0 Å². The summed E-state index contributed by atoms with van der Waals surface area (Å²) >= 11 is 0. The number of fused-ring (bicyclic) bond motifs is 1. The third kappa shape index (κ3) is 3.52. The quantitative estimate of drug-likeness (QED) is 0.903. The maximum atomic E-state index is 12.3. The normalized spacial score (nSPS) is 12.5. The van der Waals surface area contributed by atoms with Crippen molar-refractivity contribution in [1.82, 2.24) is 10.2 Å². The van der Waals surface area contributed by atoms with Gasteiger partial charge in [0.1, 0.15) is 13.2 Å². The molecule has 1 aliphatic heterocycles. The molecule has 0 saturated heterocycles. The summed E-state index contributed by atoms with van der Waals surface area (Å²) in [5.74, 6) is 1.16. The van der Waals surface area contributed by atoms with Crippen molar-refractivity contribution in [3.05, 3.63) is 23.8 Å². The molecule has 0 bridgehead atoms. The van der Waals surface area contributed by atoms with E-state index in [0.717, 1.165) is 6.54 Å². The first-order valence-electron chi connectivity index (χ1n) is 6.02. The lowest BCUT2D eigenvalue weighted by Gasteiger charge is -2.23. The molecule has 6 heteroatoms. The van der Waals surface area contributed by atoms with Gasteiger partial charge in [-0.3, -0.25) is 4.79 Å². The minimum Gasteiger partial charge on any atom is -0.486 e. The molecule has 0 atom stereocenters. The number of carbonyl (C=O) groups is 1. The van der Waals surface area contributed by atoms with Crippen LogP contribution in [0.4, 0.5) is 0 Å². The molecule has 1 aromatic rings. The van der Waals surface area contributed by atoms with E-state index in [1.165, 1.54) is 0 Å². The predicted molar refractivity (Wildman–Crippen MR) is 75.6 cm³/mol. The fraction of sp³-hybridized carbons (Fsp3) is 0.462. The molecule has 0 aliphatic carbocycles. The molecule has 0 aromatic heterocycles. The third-order valence-electron chi connectivity index (χ3n) is 2.84. The number of nitrogens with zero attached hydrogens (tertiary/aromatic N) is 1. The van der Waals surface area contributed by atoms with Gasteiger partial charge in [-0.2, -0.15) is 0 Å². The Morgan fingerprint density at radius 3 is 2.84 bits per heavy atom. The molecule has 2 rings (SSSR count). The van der Waals surface area contributed by atoms with E-state index in [-0.39, 0.29) is 18.3 Å². The first kappa shape index (κ1) is 15.6. The molecular weight excluding hydrogens is 268 g/mol. The molecule has 0 spiro atoms. The number of benzene rings is 1. The number of halogens is 1. The van der Waals surface area contributed by atoms with E-state index >= 15 is 0 Å². The summed E-state index contributed by atoms with van der Waals surface area (Å²) in [7, 11) is 3.64. The van der Waals surface area contributed by atoms with E-state index in [2.05, 4.69) is 5.32 Å². The van der Waals surface area contributed by atoms with Crippen molar-refractivity contribution in [2.24, 2.45) is 0 Å². The van der Waals surface area contributed by atoms with Crippen molar-refractivity contribution in [3.8, 4) is 11.5 Å². The first-order chi connectivity index (χ1) is 8.74. The summed E-state index contributed by atoms with van der Waals surface area (Å²) in [6, 6.07) is 5.40. The molecule has 1 heterocycles. The molecule has 1 amide bonds. The SMILES string of the molecule is CNCCN(C)C(=O)c1cccc2c1OCCO2.Cl. The van der Waals surface area contributed by atoms with Gasteiger partial charge in [-0.05, 0) is 19.2 Å². The number of hydrogen-bond donors (Lipinski definition) is 1. The van der Waals surface area contributed by atoms with Crippen LogP contribution in [0.1, 0.15) is 10.4 Å². The summed E-state index contributed by atoms with van der Waals surface area (Å²) in [5.41, 5.74) is 0.561. The Balaban J connectivity index is 0.00000180. The van der Waals surface area contributed by atoms with E-state index in [0.29, 0.717) is 36.8 Å². The van der Waals surface area contributed by atoms with Gasteiger partial charge in [0.2, 0.25) is 0 Å². The summed E-state index contributed by atoms with van der Waals surface area (Å²) < 4.78 is 11.0. The average molecular weight is 287 g/mol. The van der Waals surface area contributed by atoms with E-state index in [1.54, 1.807) is 18.0 Å². The highest BCUT2D eigenvalue weighted by atomic mass is 35.5. The largest absolute Gasteiger partial charge is 0.486 e. The van der Waals surface area contributed by atoms with Gasteiger partial charge in [0.25, 0.3) is 5.91 Å². The van der Waals surface area contributed by atoms with Gasteiger partial charge in [0, 0.05) is 20.1 Å². The van der Waals surface area contributed by atoms with Crippen LogP contribution < -0.4 is 14.8 Å². The van der Waals surface area contributed by atoms with Gasteiger partial charge < -0.3 is 19.7 Å². The smallest absolute Gasteiger partial charge is 0.257 e. The van der Waals surface area contributed by atoms with Crippen molar-refractivity contribution in [2.45, 2.75) is 0 Å². The second kappa shape index (κ2) is 7.21. The lowest BCUT2D eigenvalue weighted by atomic mass is 10.1. The lowest BCUT2D eigenvalue weighted by Crippen LogP contribution is -2.33. The highest BCUT2D eigenvalue weighted by molar-refractivity contribution is 5.97. The Labute approximate surface area is 119 Å². The fourth-order valence-electron chi connectivity index (χ4n) is 1.83. The monoisotopic (exact) mass is 286 g/mol. The number of rotatable bonds is 4. The van der Waals surface area contributed by atoms with E-state index in [1.807, 2.05) is 19.2 Å². The third-order valence-corrected chi connectivity index (χ3v) is 2.84. The molecule has 1 aliphatic rings. The van der Waals surface area contributed by atoms with Crippen molar-refractivity contribution >= 4 is 18.3 Å². The van der Waals surface area contributed by atoms with Gasteiger partial charge in [0.05, 0.1) is 5.56 Å². The highest BCUT2D eigenvalue weighted by Crippen LogP contribution is 2.34. The van der Waals surface area contributed by atoms with Crippen LogP contribution in [0.15, 0.2) is 18.2 Å². The topological polar surface area (TPSA) is 50.8 Å². The van der Waals surface area contributed by atoms with Gasteiger partial charge >= 0.3 is 0 Å². The van der Waals surface area contributed by atoms with Crippen molar-refractivity contribution in [2.75, 3.05) is 40.4 Å². The number of amides is 1. The lowest BCUT2D eigenvalue weighted by molar-refractivity contribution is 0.0786. The standard InChI is InChI=1S/C13H18N2O3.ClH/c1-14-6-7-15(2)13(16)10-4-3-5-11-12(10)18-9-8-17-11;/h3-5,14H,6-9H2,1-2H3;1H. The summed E-state index contributed by atoms with van der Waals surface area (Å²) in [6.07, 6.45) is 0. The van der Waals surface area contributed by atoms with Crippen LogP contribution in [0.3, 0.4) is 0 Å². The molecular formula is C13H19ClN2O3. The van der Waals surface area contributed by atoms with E-state index in [9.17, 15) is 4.79 Å². The molecule has 1 N–H and O–H groups in total. The number of ether oxygens (including phenoxy) is 2. The predicted octanol–water partition coefficient (Wildman–Crippen LogP) is 1.17. The molecule has 0 radical (unpaired) electrons. The zero-order chi connectivity index (χ0) is 13.0. The van der Waals surface area contributed by atoms with Gasteiger partial charge in [-0.25, -0.2) is 0 Å². The van der Waals surface area contributed by atoms with Crippen LogP contribution >= 0.6 is 12.4 Å². The Hall–Kier alpha value is -1.46. The molecule has 19 heavy (non-hydrogen) atoms. The Bertz CT molecular complexity index is 440. The first-order valence-corrected chi connectivity index (χ1v) is 6.02. The Kier molecular flexibility index (Phi) is 5.92. The minimum absolute atomic E-state index is 0. The molecule has 5 nitrogen and oxygen atoms in total. The van der Waals surface area contributed by atoms with Crippen molar-refractivity contribution in [1.29, 1.82) is 0 Å². The molecule has 1 aromatic carbocycles. The molecule has 0 fully saturated rings. The Morgan fingerprint density at radius 1 is 1.37 bits per heavy atom. The number of carbonyl (C=O) groups excluding carboxylic acids is 1. The van der Waals surface area contributed by atoms with E-state index in [4.69, 9.17) is 9.47 Å². The van der Waals surface area contributed by atoms with E-state index < -0.39 is 0 Å². The number of nitrogens with one attached hydrogen (secondary N) is 1. The van der Waals surface area contributed by atoms with Crippen LogP contribution in [0.25, 0.3) is 0 Å². The van der Waals surface area contributed by atoms with Gasteiger partial charge in [-0.15, -0.1) is 12.4 Å². The van der Waals surface area contributed by atoms with Crippen LogP contribution in [0.2, 0.25) is 0 Å². The van der Waals surface area contributed by atoms with Crippen LogP contribution in [-0.2, 0) is 0 Å². The number of para-hydroxylation sites is 1. The van der Waals surface area contributed by atoms with Gasteiger partial charge in [-0.1, -0.05) is 6.07 Å². The maximum Gasteiger partial charge on any atom is 0.257 e. The highest BCUT2D eigenvalue weighted by Gasteiger charge is 2.22. The summed E-state index contributed by atoms with van der Waals surface area (Å²) in [6.45, 7) is 2.42. The zero-order valence-corrected chi connectivity index (χ0v) is 12.0. The second-order valence-electron chi connectivity index (χ2n) is 4.16. The van der Waals surface area contributed by atoms with Crippen LogP contribution in [0, 0.1) is 0 Å². The molecule has 0 unspecified atom stereocenters. The van der Waals surface area contributed by atoms with Crippen LogP contribution in [-0.4, -0.2) is 51.2 Å². The summed E-state index contributed by atoms with van der Waals surface area (Å²) in [5, 5.41) is 3.02. The fourth-order valence-corrected chi connectivity index (χ4v) is 1.83. The number of likely N-dealkylation sites (N-methyl/N-ethyl adjacent to an activating group) is 2. The van der Waals surface area contributed by atoms with Crippen LogP contribution in [0.5, 0.6) is 11.5 Å². The van der Waals surface area contributed by atoms with Gasteiger partial charge in [0.15, 0.2) is 11.5 Å². The molecule has 106 valence electrons. The average Bonchev–Trinajstić information content (AvgIpc) is 2.43. The Morgan fingerprint density at radius 2 is 2.11 bits per heavy atom. The number of hydrogen-bond acceptors (Lipinski definition) is 4. The maximum absolute atomic E-state index is 12.3. The molecule has 0 saturated carbocycles. The second-order valence-corrected chi connectivity index (χ2v) is 4.16. The zero-order valence-electron chi connectivity index (χ0n) is 11.1. The van der Waals surface area contributed by atoms with Crippen molar-refractivity contribution < 1.29 is 14.3 Å². The minimum atomic E-state index is -0.0485.